The third-order valence-corrected chi connectivity index (χ3v) is 6.22. The fraction of sp³-hybridized carbons (Fsp3) is 0.200. The van der Waals surface area contributed by atoms with Crippen LogP contribution in [0.2, 0.25) is 0 Å². The Bertz CT molecular complexity index is 1310. The minimum Gasteiger partial charge on any atom is -0.473 e. The molecule has 1 aliphatic rings. The van der Waals surface area contributed by atoms with Crippen LogP contribution >= 0.6 is 0 Å². The molecule has 0 aliphatic carbocycles. The largest absolute Gasteiger partial charge is 0.473 e. The van der Waals surface area contributed by atoms with Gasteiger partial charge in [0.15, 0.2) is 0 Å². The average Bonchev–Trinajstić information content (AvgIpc) is 2.91. The van der Waals surface area contributed by atoms with Crippen LogP contribution in [0.1, 0.15) is 11.1 Å². The standard InChI is InChI=1S/C30H28N2O4/c1-34-30(33)25-18-32(19-25)26-14-8-13-24(17-26)27-15-16-28(35-20-22-9-4-2-5-10-22)31-29(27)36-21-23-11-6-3-7-12-23/h2-17,25H,18-21H2,1H3. The Kier molecular flexibility index (Phi) is 7.12. The summed E-state index contributed by atoms with van der Waals surface area (Å²) in [5.74, 6) is 0.781. The van der Waals surface area contributed by atoms with Crippen LogP contribution in [-0.2, 0) is 22.7 Å². The van der Waals surface area contributed by atoms with Crippen molar-refractivity contribution in [3.8, 4) is 22.9 Å². The smallest absolute Gasteiger partial charge is 0.312 e. The Labute approximate surface area is 211 Å². The molecular formula is C30H28N2O4. The van der Waals surface area contributed by atoms with Crippen LogP contribution in [0.25, 0.3) is 11.1 Å². The number of methoxy groups -OCH3 is 1. The molecule has 0 radical (unpaired) electrons. The van der Waals surface area contributed by atoms with Gasteiger partial charge >= 0.3 is 5.97 Å². The fourth-order valence-electron chi connectivity index (χ4n) is 4.17. The van der Waals surface area contributed by atoms with E-state index in [0.717, 1.165) is 27.9 Å². The first-order chi connectivity index (χ1) is 17.7. The summed E-state index contributed by atoms with van der Waals surface area (Å²) in [4.78, 5) is 18.7. The van der Waals surface area contributed by atoms with E-state index in [1.54, 1.807) is 0 Å². The number of rotatable bonds is 9. The zero-order valence-corrected chi connectivity index (χ0v) is 20.2. The van der Waals surface area contributed by atoms with Crippen molar-refractivity contribution in [3.63, 3.8) is 0 Å². The van der Waals surface area contributed by atoms with Gasteiger partial charge in [0, 0.05) is 30.4 Å². The van der Waals surface area contributed by atoms with Crippen molar-refractivity contribution in [1.82, 2.24) is 4.98 Å². The zero-order valence-electron chi connectivity index (χ0n) is 20.2. The first-order valence-electron chi connectivity index (χ1n) is 12.0. The van der Waals surface area contributed by atoms with Crippen LogP contribution < -0.4 is 14.4 Å². The van der Waals surface area contributed by atoms with Crippen molar-refractivity contribution in [2.45, 2.75) is 13.2 Å². The third kappa shape index (κ3) is 5.49. The molecule has 36 heavy (non-hydrogen) atoms. The average molecular weight is 481 g/mol. The molecule has 1 fully saturated rings. The molecule has 0 N–H and O–H groups in total. The molecule has 1 saturated heterocycles. The molecule has 1 aromatic heterocycles. The number of carbonyl (C=O) groups is 1. The second kappa shape index (κ2) is 11.0. The lowest BCUT2D eigenvalue weighted by molar-refractivity contribution is -0.146. The number of hydrogen-bond acceptors (Lipinski definition) is 6. The summed E-state index contributed by atoms with van der Waals surface area (Å²) in [6.07, 6.45) is 0. The summed E-state index contributed by atoms with van der Waals surface area (Å²) < 4.78 is 17.0. The maximum Gasteiger partial charge on any atom is 0.312 e. The Morgan fingerprint density at radius 3 is 2.17 bits per heavy atom. The van der Waals surface area contributed by atoms with Crippen LogP contribution in [-0.4, -0.2) is 31.2 Å². The topological polar surface area (TPSA) is 60.9 Å². The van der Waals surface area contributed by atoms with E-state index < -0.39 is 0 Å². The molecule has 6 heteroatoms. The molecule has 0 saturated carbocycles. The summed E-state index contributed by atoms with van der Waals surface area (Å²) in [6.45, 7) is 2.13. The molecule has 0 bridgehead atoms. The molecule has 182 valence electrons. The van der Waals surface area contributed by atoms with E-state index >= 15 is 0 Å². The highest BCUT2D eigenvalue weighted by molar-refractivity contribution is 5.78. The monoisotopic (exact) mass is 480 g/mol. The van der Waals surface area contributed by atoms with Crippen LogP contribution in [0.3, 0.4) is 0 Å². The van der Waals surface area contributed by atoms with E-state index in [0.29, 0.717) is 38.1 Å². The maximum atomic E-state index is 11.8. The van der Waals surface area contributed by atoms with E-state index in [1.807, 2.05) is 91.0 Å². The van der Waals surface area contributed by atoms with Crippen molar-refractivity contribution in [1.29, 1.82) is 0 Å². The SMILES string of the molecule is COC(=O)C1CN(c2cccc(-c3ccc(OCc4ccccc4)nc3OCc3ccccc3)c2)C1. The molecule has 3 aromatic carbocycles. The summed E-state index contributed by atoms with van der Waals surface area (Å²) in [6, 6.07) is 32.1. The van der Waals surface area contributed by atoms with Gasteiger partial charge in [-0.2, -0.15) is 4.98 Å². The lowest BCUT2D eigenvalue weighted by atomic mass is 9.98. The van der Waals surface area contributed by atoms with E-state index in [1.165, 1.54) is 7.11 Å². The number of pyridine rings is 1. The van der Waals surface area contributed by atoms with Crippen molar-refractivity contribution < 1.29 is 19.0 Å². The molecule has 5 rings (SSSR count). The predicted octanol–water partition coefficient (Wildman–Crippen LogP) is 5.52. The van der Waals surface area contributed by atoms with Crippen molar-refractivity contribution in [3.05, 3.63) is 108 Å². The molecule has 4 aromatic rings. The van der Waals surface area contributed by atoms with Crippen LogP contribution in [0.5, 0.6) is 11.8 Å². The molecular weight excluding hydrogens is 452 g/mol. The van der Waals surface area contributed by atoms with Gasteiger partial charge in [-0.3, -0.25) is 4.79 Å². The highest BCUT2D eigenvalue weighted by atomic mass is 16.5. The Morgan fingerprint density at radius 1 is 0.833 bits per heavy atom. The molecule has 0 atom stereocenters. The summed E-state index contributed by atoms with van der Waals surface area (Å²) in [5, 5.41) is 0. The van der Waals surface area contributed by atoms with Crippen LogP contribution in [0.15, 0.2) is 97.1 Å². The van der Waals surface area contributed by atoms with E-state index in [2.05, 4.69) is 11.0 Å². The number of carbonyl (C=O) groups excluding carboxylic acids is 1. The Balaban J connectivity index is 1.38. The Hall–Kier alpha value is -4.32. The molecule has 0 unspecified atom stereocenters. The highest BCUT2D eigenvalue weighted by Gasteiger charge is 2.33. The molecule has 2 heterocycles. The maximum absolute atomic E-state index is 11.8. The lowest BCUT2D eigenvalue weighted by Crippen LogP contribution is -2.50. The van der Waals surface area contributed by atoms with Gasteiger partial charge in [0.1, 0.15) is 13.2 Å². The number of hydrogen-bond donors (Lipinski definition) is 0. The number of esters is 1. The second-order valence-corrected chi connectivity index (χ2v) is 8.73. The van der Waals surface area contributed by atoms with Gasteiger partial charge < -0.3 is 19.1 Å². The van der Waals surface area contributed by atoms with Crippen molar-refractivity contribution >= 4 is 11.7 Å². The van der Waals surface area contributed by atoms with E-state index in [-0.39, 0.29) is 11.9 Å². The fourth-order valence-corrected chi connectivity index (χ4v) is 4.17. The summed E-state index contributed by atoms with van der Waals surface area (Å²) >= 11 is 0. The minimum atomic E-state index is -0.158. The number of benzene rings is 3. The van der Waals surface area contributed by atoms with Gasteiger partial charge in [0.2, 0.25) is 11.8 Å². The van der Waals surface area contributed by atoms with Crippen molar-refractivity contribution in [2.75, 3.05) is 25.1 Å². The van der Waals surface area contributed by atoms with Crippen LogP contribution in [0.4, 0.5) is 5.69 Å². The second-order valence-electron chi connectivity index (χ2n) is 8.73. The van der Waals surface area contributed by atoms with Crippen LogP contribution in [0, 0.1) is 5.92 Å². The van der Waals surface area contributed by atoms with E-state index in [9.17, 15) is 4.79 Å². The van der Waals surface area contributed by atoms with Gasteiger partial charge in [0.05, 0.1) is 13.0 Å². The van der Waals surface area contributed by atoms with Gasteiger partial charge in [-0.05, 0) is 34.9 Å². The molecule has 6 nitrogen and oxygen atoms in total. The Morgan fingerprint density at radius 2 is 1.50 bits per heavy atom. The summed E-state index contributed by atoms with van der Waals surface area (Å²) in [5.41, 5.74) is 5.04. The van der Waals surface area contributed by atoms with E-state index in [4.69, 9.17) is 19.2 Å². The number of ether oxygens (including phenoxy) is 3. The molecule has 0 amide bonds. The first-order valence-corrected chi connectivity index (χ1v) is 12.0. The highest BCUT2D eigenvalue weighted by Crippen LogP contribution is 2.35. The number of anilines is 1. The zero-order chi connectivity index (χ0) is 24.7. The van der Waals surface area contributed by atoms with Gasteiger partial charge in [-0.25, -0.2) is 0 Å². The lowest BCUT2D eigenvalue weighted by Gasteiger charge is -2.39. The third-order valence-electron chi connectivity index (χ3n) is 6.22. The van der Waals surface area contributed by atoms with Crippen molar-refractivity contribution in [2.24, 2.45) is 5.92 Å². The number of aromatic nitrogens is 1. The first kappa shape index (κ1) is 23.4. The molecule has 0 spiro atoms. The molecule has 1 aliphatic heterocycles. The normalized spacial score (nSPS) is 13.1. The van der Waals surface area contributed by atoms with Gasteiger partial charge in [-0.15, -0.1) is 0 Å². The quantitative estimate of drug-likeness (QED) is 0.294. The minimum absolute atomic E-state index is 0.0777. The number of nitrogens with zero attached hydrogens (tertiary/aromatic N) is 2. The predicted molar refractivity (Wildman–Crippen MR) is 139 cm³/mol. The van der Waals surface area contributed by atoms with Gasteiger partial charge in [-0.1, -0.05) is 72.8 Å². The summed E-state index contributed by atoms with van der Waals surface area (Å²) in [7, 11) is 1.43. The van der Waals surface area contributed by atoms with Gasteiger partial charge in [0.25, 0.3) is 0 Å².